The lowest BCUT2D eigenvalue weighted by Gasteiger charge is -2.08. The average Bonchev–Trinajstić information content (AvgIpc) is 2.41. The summed E-state index contributed by atoms with van der Waals surface area (Å²) in [5.41, 5.74) is 1.60. The standard InChI is InChI=1S/C15H13Cl2NO2/c1-10-5-6-12(8-14(10)17)18-15(19)9-20-13-4-2-3-11(16)7-13/h2-8H,9H2,1H3,(H,18,19). The van der Waals surface area contributed by atoms with Crippen molar-refractivity contribution >= 4 is 34.8 Å². The predicted molar refractivity (Wildman–Crippen MR) is 81.8 cm³/mol. The summed E-state index contributed by atoms with van der Waals surface area (Å²) < 4.78 is 5.35. The molecular weight excluding hydrogens is 297 g/mol. The van der Waals surface area contributed by atoms with Crippen LogP contribution in [0.5, 0.6) is 5.75 Å². The van der Waals surface area contributed by atoms with Crippen LogP contribution >= 0.6 is 23.2 Å². The van der Waals surface area contributed by atoms with Gasteiger partial charge in [0.15, 0.2) is 6.61 Å². The highest BCUT2D eigenvalue weighted by Crippen LogP contribution is 2.20. The Morgan fingerprint density at radius 3 is 2.70 bits per heavy atom. The molecule has 0 aliphatic carbocycles. The molecule has 3 nitrogen and oxygen atoms in total. The van der Waals surface area contributed by atoms with Gasteiger partial charge < -0.3 is 10.1 Å². The summed E-state index contributed by atoms with van der Waals surface area (Å²) in [7, 11) is 0. The zero-order valence-corrected chi connectivity index (χ0v) is 12.3. The fourth-order valence-corrected chi connectivity index (χ4v) is 1.93. The number of anilines is 1. The van der Waals surface area contributed by atoms with Gasteiger partial charge >= 0.3 is 0 Å². The normalized spacial score (nSPS) is 10.2. The fraction of sp³-hybridized carbons (Fsp3) is 0.133. The summed E-state index contributed by atoms with van der Waals surface area (Å²) in [6.07, 6.45) is 0. The molecule has 1 amide bonds. The maximum atomic E-state index is 11.8. The summed E-state index contributed by atoms with van der Waals surface area (Å²) in [6, 6.07) is 12.2. The van der Waals surface area contributed by atoms with E-state index in [2.05, 4.69) is 5.32 Å². The molecule has 0 heterocycles. The van der Waals surface area contributed by atoms with Crippen molar-refractivity contribution in [2.45, 2.75) is 6.92 Å². The van der Waals surface area contributed by atoms with Crippen LogP contribution in [-0.2, 0) is 4.79 Å². The quantitative estimate of drug-likeness (QED) is 0.913. The molecule has 0 aliphatic rings. The highest BCUT2D eigenvalue weighted by Gasteiger charge is 2.05. The van der Waals surface area contributed by atoms with Gasteiger partial charge in [-0.15, -0.1) is 0 Å². The first-order valence-corrected chi connectivity index (χ1v) is 6.74. The number of nitrogens with one attached hydrogen (secondary N) is 1. The second-order valence-corrected chi connectivity index (χ2v) is 5.10. The number of ether oxygens (including phenoxy) is 1. The van der Waals surface area contributed by atoms with Gasteiger partial charge in [-0.2, -0.15) is 0 Å². The molecular formula is C15H13Cl2NO2. The molecule has 1 N–H and O–H groups in total. The highest BCUT2D eigenvalue weighted by molar-refractivity contribution is 6.31. The number of aryl methyl sites for hydroxylation is 1. The molecule has 20 heavy (non-hydrogen) atoms. The van der Waals surface area contributed by atoms with Crippen LogP contribution in [0.2, 0.25) is 10.0 Å². The Morgan fingerprint density at radius 2 is 2.00 bits per heavy atom. The Labute approximate surface area is 127 Å². The largest absolute Gasteiger partial charge is 0.484 e. The van der Waals surface area contributed by atoms with Crippen molar-refractivity contribution in [3.05, 3.63) is 58.1 Å². The molecule has 0 radical (unpaired) electrons. The van der Waals surface area contributed by atoms with E-state index in [0.717, 1.165) is 5.56 Å². The second-order valence-electron chi connectivity index (χ2n) is 4.26. The van der Waals surface area contributed by atoms with E-state index in [1.807, 2.05) is 13.0 Å². The van der Waals surface area contributed by atoms with E-state index >= 15 is 0 Å². The lowest BCUT2D eigenvalue weighted by molar-refractivity contribution is -0.118. The van der Waals surface area contributed by atoms with Gasteiger partial charge in [0.25, 0.3) is 5.91 Å². The van der Waals surface area contributed by atoms with E-state index in [0.29, 0.717) is 21.5 Å². The summed E-state index contributed by atoms with van der Waals surface area (Å²) in [5, 5.41) is 3.89. The maximum Gasteiger partial charge on any atom is 0.262 e. The minimum absolute atomic E-state index is 0.0914. The molecule has 0 bridgehead atoms. The van der Waals surface area contributed by atoms with Crippen LogP contribution in [0.15, 0.2) is 42.5 Å². The predicted octanol–water partition coefficient (Wildman–Crippen LogP) is 4.32. The molecule has 0 saturated heterocycles. The molecule has 2 aromatic rings. The highest BCUT2D eigenvalue weighted by atomic mass is 35.5. The molecule has 0 aliphatic heterocycles. The smallest absolute Gasteiger partial charge is 0.262 e. The first-order valence-electron chi connectivity index (χ1n) is 5.99. The zero-order valence-electron chi connectivity index (χ0n) is 10.8. The van der Waals surface area contributed by atoms with Crippen LogP contribution in [0.4, 0.5) is 5.69 Å². The summed E-state index contributed by atoms with van der Waals surface area (Å²) in [5.74, 6) is 0.291. The van der Waals surface area contributed by atoms with Crippen LogP contribution < -0.4 is 10.1 Å². The van der Waals surface area contributed by atoms with Crippen molar-refractivity contribution < 1.29 is 9.53 Å². The number of carbonyl (C=O) groups is 1. The monoisotopic (exact) mass is 309 g/mol. The fourth-order valence-electron chi connectivity index (χ4n) is 1.57. The molecule has 2 aromatic carbocycles. The van der Waals surface area contributed by atoms with Crippen molar-refractivity contribution in [1.82, 2.24) is 0 Å². The van der Waals surface area contributed by atoms with E-state index in [9.17, 15) is 4.79 Å². The van der Waals surface area contributed by atoms with E-state index in [-0.39, 0.29) is 12.5 Å². The maximum absolute atomic E-state index is 11.8. The number of benzene rings is 2. The van der Waals surface area contributed by atoms with Gasteiger partial charge in [0.2, 0.25) is 0 Å². The van der Waals surface area contributed by atoms with E-state index in [4.69, 9.17) is 27.9 Å². The molecule has 0 aromatic heterocycles. The second kappa shape index (κ2) is 6.64. The van der Waals surface area contributed by atoms with Crippen molar-refractivity contribution in [3.63, 3.8) is 0 Å². The summed E-state index contributed by atoms with van der Waals surface area (Å²) in [6.45, 7) is 1.81. The molecule has 5 heteroatoms. The lowest BCUT2D eigenvalue weighted by atomic mass is 10.2. The zero-order chi connectivity index (χ0) is 14.5. The van der Waals surface area contributed by atoms with Gasteiger partial charge in [0.05, 0.1) is 0 Å². The topological polar surface area (TPSA) is 38.3 Å². The molecule has 0 unspecified atom stereocenters. The van der Waals surface area contributed by atoms with E-state index < -0.39 is 0 Å². The molecule has 0 spiro atoms. The molecule has 2 rings (SSSR count). The number of carbonyl (C=O) groups excluding carboxylic acids is 1. The van der Waals surface area contributed by atoms with Crippen molar-refractivity contribution in [1.29, 1.82) is 0 Å². The minimum atomic E-state index is -0.259. The number of hydrogen-bond acceptors (Lipinski definition) is 2. The van der Waals surface area contributed by atoms with Crippen LogP contribution in [-0.4, -0.2) is 12.5 Å². The Kier molecular flexibility index (Phi) is 4.88. The minimum Gasteiger partial charge on any atom is -0.484 e. The summed E-state index contributed by atoms with van der Waals surface area (Å²) in [4.78, 5) is 11.8. The third kappa shape index (κ3) is 4.15. The van der Waals surface area contributed by atoms with Crippen LogP contribution in [0.25, 0.3) is 0 Å². The lowest BCUT2D eigenvalue weighted by Crippen LogP contribution is -2.20. The van der Waals surface area contributed by atoms with Crippen molar-refractivity contribution in [3.8, 4) is 5.75 Å². The first-order chi connectivity index (χ1) is 9.54. The van der Waals surface area contributed by atoms with Crippen molar-refractivity contribution in [2.24, 2.45) is 0 Å². The number of hydrogen-bond donors (Lipinski definition) is 1. The Balaban J connectivity index is 1.91. The van der Waals surface area contributed by atoms with Gasteiger partial charge in [-0.25, -0.2) is 0 Å². The Bertz CT molecular complexity index is 629. The van der Waals surface area contributed by atoms with Crippen LogP contribution in [0.1, 0.15) is 5.56 Å². The molecule has 0 saturated carbocycles. The van der Waals surface area contributed by atoms with Crippen LogP contribution in [0.3, 0.4) is 0 Å². The number of rotatable bonds is 4. The Morgan fingerprint density at radius 1 is 1.20 bits per heavy atom. The van der Waals surface area contributed by atoms with E-state index in [1.54, 1.807) is 36.4 Å². The number of halogens is 2. The SMILES string of the molecule is Cc1ccc(NC(=O)COc2cccc(Cl)c2)cc1Cl. The number of amides is 1. The van der Waals surface area contributed by atoms with E-state index in [1.165, 1.54) is 0 Å². The Hall–Kier alpha value is -1.71. The van der Waals surface area contributed by atoms with Crippen LogP contribution in [0, 0.1) is 6.92 Å². The first kappa shape index (κ1) is 14.7. The third-order valence-electron chi connectivity index (χ3n) is 2.62. The average molecular weight is 310 g/mol. The summed E-state index contributed by atoms with van der Waals surface area (Å²) >= 11 is 11.8. The van der Waals surface area contributed by atoms with Gasteiger partial charge in [0, 0.05) is 15.7 Å². The van der Waals surface area contributed by atoms with Gasteiger partial charge in [-0.3, -0.25) is 4.79 Å². The third-order valence-corrected chi connectivity index (χ3v) is 3.26. The van der Waals surface area contributed by atoms with Gasteiger partial charge in [-0.05, 0) is 42.8 Å². The van der Waals surface area contributed by atoms with Crippen molar-refractivity contribution in [2.75, 3.05) is 11.9 Å². The van der Waals surface area contributed by atoms with Gasteiger partial charge in [0.1, 0.15) is 5.75 Å². The molecule has 0 atom stereocenters. The molecule has 0 fully saturated rings. The van der Waals surface area contributed by atoms with Gasteiger partial charge in [-0.1, -0.05) is 35.3 Å². The molecule has 104 valence electrons.